The predicted octanol–water partition coefficient (Wildman–Crippen LogP) is 2.19. The number of para-hydroxylation sites is 1. The summed E-state index contributed by atoms with van der Waals surface area (Å²) in [6, 6.07) is 9.61. The molecule has 0 saturated carbocycles. The molecule has 0 atom stereocenters. The van der Waals surface area contributed by atoms with Gasteiger partial charge in [-0.25, -0.2) is 0 Å². The Morgan fingerprint density at radius 1 is 1.06 bits per heavy atom. The Morgan fingerprint density at radius 2 is 1.67 bits per heavy atom. The third-order valence-corrected chi connectivity index (χ3v) is 3.70. The molecule has 3 aliphatic rings. The molecule has 3 aliphatic heterocycles. The first-order chi connectivity index (χ1) is 8.76. The molecule has 3 fully saturated rings. The highest BCUT2D eigenvalue weighted by molar-refractivity contribution is 5.20. The number of benzene rings is 1. The second-order valence-electron chi connectivity index (χ2n) is 5.00. The minimum absolute atomic E-state index is 0.0362. The predicted molar refractivity (Wildman–Crippen MR) is 65.2 cm³/mol. The molecule has 4 heteroatoms. The van der Waals surface area contributed by atoms with Crippen LogP contribution in [-0.4, -0.2) is 32.4 Å². The van der Waals surface area contributed by atoms with Crippen molar-refractivity contribution in [1.29, 1.82) is 0 Å². The van der Waals surface area contributed by atoms with E-state index < -0.39 is 5.97 Å². The quantitative estimate of drug-likeness (QED) is 0.821. The Balaban J connectivity index is 1.61. The van der Waals surface area contributed by atoms with E-state index in [1.807, 2.05) is 30.3 Å². The van der Waals surface area contributed by atoms with Crippen LogP contribution in [0.4, 0.5) is 0 Å². The summed E-state index contributed by atoms with van der Waals surface area (Å²) >= 11 is 0. The first kappa shape index (κ1) is 12.0. The molecule has 0 unspecified atom stereocenters. The summed E-state index contributed by atoms with van der Waals surface area (Å²) in [5, 5.41) is 0. The molecule has 0 radical (unpaired) electrons. The maximum Gasteiger partial charge on any atom is 0.319 e. The van der Waals surface area contributed by atoms with Gasteiger partial charge in [0.15, 0.2) is 6.61 Å². The van der Waals surface area contributed by atoms with E-state index in [0.29, 0.717) is 19.8 Å². The van der Waals surface area contributed by atoms with E-state index in [1.54, 1.807) is 0 Å². The molecule has 0 amide bonds. The Labute approximate surface area is 107 Å². The molecule has 4 nitrogen and oxygen atoms in total. The molecule has 3 saturated heterocycles. The van der Waals surface area contributed by atoms with E-state index in [-0.39, 0.29) is 12.0 Å². The highest BCUT2D eigenvalue weighted by Gasteiger charge is 2.52. The largest absolute Gasteiger partial charge is 0.485 e. The van der Waals surface area contributed by atoms with Gasteiger partial charge in [0.05, 0.1) is 19.8 Å². The second kappa shape index (κ2) is 4.53. The van der Waals surface area contributed by atoms with Crippen LogP contribution in [0.1, 0.15) is 13.3 Å². The zero-order valence-corrected chi connectivity index (χ0v) is 10.6. The van der Waals surface area contributed by atoms with Crippen molar-refractivity contribution in [1.82, 2.24) is 0 Å². The molecule has 98 valence electrons. The van der Waals surface area contributed by atoms with Gasteiger partial charge < -0.3 is 18.9 Å². The Bertz CT molecular complexity index is 379. The first-order valence-electron chi connectivity index (χ1n) is 6.36. The summed E-state index contributed by atoms with van der Waals surface area (Å²) in [5.41, 5.74) is 0.0362. The molecule has 18 heavy (non-hydrogen) atoms. The number of fused-ring (bicyclic) bond motifs is 3. The van der Waals surface area contributed by atoms with Crippen molar-refractivity contribution in [3.8, 4) is 5.75 Å². The fraction of sp³-hybridized carbons (Fsp3) is 0.571. The standard InChI is InChI=1S/C14H18O4/c1-2-13-8-16-14(17-9-13,18-10-13)11-15-12-6-4-3-5-7-12/h3-7H,2,8-11H2,1H3. The average molecular weight is 250 g/mol. The van der Waals surface area contributed by atoms with Crippen molar-refractivity contribution in [3.63, 3.8) is 0 Å². The lowest BCUT2D eigenvalue weighted by Crippen LogP contribution is -2.62. The summed E-state index contributed by atoms with van der Waals surface area (Å²) < 4.78 is 22.8. The Kier molecular flexibility index (Phi) is 3.01. The van der Waals surface area contributed by atoms with Gasteiger partial charge in [-0.3, -0.25) is 0 Å². The highest BCUT2D eigenvalue weighted by Crippen LogP contribution is 2.40. The summed E-state index contributed by atoms with van der Waals surface area (Å²) in [6.45, 7) is 4.44. The smallest absolute Gasteiger partial charge is 0.319 e. The van der Waals surface area contributed by atoms with Crippen LogP contribution in [0.5, 0.6) is 5.75 Å². The van der Waals surface area contributed by atoms with E-state index in [4.69, 9.17) is 18.9 Å². The Hall–Kier alpha value is -1.10. The summed E-state index contributed by atoms with van der Waals surface area (Å²) in [6.07, 6.45) is 1.00. The number of hydrogen-bond donors (Lipinski definition) is 0. The maximum atomic E-state index is 5.71. The van der Waals surface area contributed by atoms with Gasteiger partial charge in [0.1, 0.15) is 5.75 Å². The van der Waals surface area contributed by atoms with Crippen molar-refractivity contribution >= 4 is 0 Å². The van der Waals surface area contributed by atoms with Crippen molar-refractivity contribution in [3.05, 3.63) is 30.3 Å². The van der Waals surface area contributed by atoms with E-state index in [2.05, 4.69) is 6.92 Å². The second-order valence-corrected chi connectivity index (χ2v) is 5.00. The third-order valence-electron chi connectivity index (χ3n) is 3.70. The molecule has 0 aromatic heterocycles. The molecule has 0 aliphatic carbocycles. The van der Waals surface area contributed by atoms with Crippen LogP contribution in [-0.2, 0) is 14.2 Å². The number of rotatable bonds is 4. The molecular weight excluding hydrogens is 232 g/mol. The van der Waals surface area contributed by atoms with E-state index in [0.717, 1.165) is 12.2 Å². The molecule has 2 bridgehead atoms. The van der Waals surface area contributed by atoms with Crippen LogP contribution in [0.25, 0.3) is 0 Å². The van der Waals surface area contributed by atoms with Gasteiger partial charge in [-0.1, -0.05) is 25.1 Å². The fourth-order valence-electron chi connectivity index (χ4n) is 2.16. The van der Waals surface area contributed by atoms with E-state index in [1.165, 1.54) is 0 Å². The van der Waals surface area contributed by atoms with Gasteiger partial charge in [0.2, 0.25) is 0 Å². The molecule has 1 aromatic rings. The topological polar surface area (TPSA) is 36.9 Å². The van der Waals surface area contributed by atoms with E-state index >= 15 is 0 Å². The van der Waals surface area contributed by atoms with Crippen LogP contribution >= 0.6 is 0 Å². The lowest BCUT2D eigenvalue weighted by Gasteiger charge is -2.51. The molecule has 4 rings (SSSR count). The summed E-state index contributed by atoms with van der Waals surface area (Å²) in [4.78, 5) is 0. The van der Waals surface area contributed by atoms with Crippen molar-refractivity contribution < 1.29 is 18.9 Å². The van der Waals surface area contributed by atoms with Crippen LogP contribution in [0, 0.1) is 5.41 Å². The van der Waals surface area contributed by atoms with E-state index in [9.17, 15) is 0 Å². The van der Waals surface area contributed by atoms with Gasteiger partial charge >= 0.3 is 5.97 Å². The van der Waals surface area contributed by atoms with Gasteiger partial charge in [-0.2, -0.15) is 0 Å². The Morgan fingerprint density at radius 3 is 2.22 bits per heavy atom. The summed E-state index contributed by atoms with van der Waals surface area (Å²) in [5.74, 6) is -0.215. The molecule has 0 N–H and O–H groups in total. The van der Waals surface area contributed by atoms with Crippen molar-refractivity contribution in [2.45, 2.75) is 19.3 Å². The molecule has 1 aromatic carbocycles. The average Bonchev–Trinajstić information content (AvgIpc) is 2.48. The fourth-order valence-corrected chi connectivity index (χ4v) is 2.16. The highest BCUT2D eigenvalue weighted by atomic mass is 16.9. The van der Waals surface area contributed by atoms with Crippen LogP contribution < -0.4 is 4.74 Å². The normalized spacial score (nSPS) is 34.5. The van der Waals surface area contributed by atoms with Gasteiger partial charge in [0.25, 0.3) is 0 Å². The van der Waals surface area contributed by atoms with Crippen LogP contribution in [0.2, 0.25) is 0 Å². The van der Waals surface area contributed by atoms with Gasteiger partial charge in [0, 0.05) is 5.41 Å². The maximum absolute atomic E-state index is 5.71. The third kappa shape index (κ3) is 2.11. The lowest BCUT2D eigenvalue weighted by molar-refractivity contribution is -0.472. The number of ether oxygens (including phenoxy) is 4. The van der Waals surface area contributed by atoms with Crippen molar-refractivity contribution in [2.75, 3.05) is 26.4 Å². The zero-order valence-electron chi connectivity index (χ0n) is 10.6. The van der Waals surface area contributed by atoms with Crippen LogP contribution in [0.3, 0.4) is 0 Å². The molecule has 3 heterocycles. The van der Waals surface area contributed by atoms with Crippen LogP contribution in [0.15, 0.2) is 30.3 Å². The minimum Gasteiger partial charge on any atom is -0.485 e. The zero-order chi connectivity index (χ0) is 12.5. The lowest BCUT2D eigenvalue weighted by atomic mass is 9.86. The summed E-state index contributed by atoms with van der Waals surface area (Å²) in [7, 11) is 0. The number of hydrogen-bond acceptors (Lipinski definition) is 4. The SMILES string of the molecule is CCC12COC(COc3ccccc3)(OC1)OC2. The van der Waals surface area contributed by atoms with Gasteiger partial charge in [-0.15, -0.1) is 0 Å². The van der Waals surface area contributed by atoms with Gasteiger partial charge in [-0.05, 0) is 18.6 Å². The molecule has 0 spiro atoms. The monoisotopic (exact) mass is 250 g/mol. The minimum atomic E-state index is -1.01. The molecular formula is C14H18O4. The first-order valence-corrected chi connectivity index (χ1v) is 6.36. The van der Waals surface area contributed by atoms with Crippen molar-refractivity contribution in [2.24, 2.45) is 5.41 Å².